The van der Waals surface area contributed by atoms with Gasteiger partial charge in [0.15, 0.2) is 0 Å². The van der Waals surface area contributed by atoms with Gasteiger partial charge in [0.1, 0.15) is 0 Å². The molecule has 1 saturated carbocycles. The van der Waals surface area contributed by atoms with Crippen LogP contribution >= 0.6 is 0 Å². The van der Waals surface area contributed by atoms with E-state index >= 15 is 0 Å². The molecule has 0 saturated heterocycles. The Labute approximate surface area is 111 Å². The van der Waals surface area contributed by atoms with E-state index in [1.54, 1.807) is 0 Å². The van der Waals surface area contributed by atoms with E-state index in [1.807, 2.05) is 30.3 Å². The van der Waals surface area contributed by atoms with Gasteiger partial charge in [-0.1, -0.05) is 30.3 Å². The zero-order valence-electron chi connectivity index (χ0n) is 10.7. The summed E-state index contributed by atoms with van der Waals surface area (Å²) in [6.45, 7) is 0. The van der Waals surface area contributed by atoms with E-state index in [-0.39, 0.29) is 24.8 Å². The molecule has 0 aromatic heterocycles. The quantitative estimate of drug-likeness (QED) is 0.652. The van der Waals surface area contributed by atoms with Crippen LogP contribution in [0.1, 0.15) is 37.3 Å². The fourth-order valence-corrected chi connectivity index (χ4v) is 2.94. The number of alkyl halides is 3. The molecule has 19 heavy (non-hydrogen) atoms. The molecular weight excluding hydrogens is 253 g/mol. The lowest BCUT2D eigenvalue weighted by molar-refractivity contribution is -0.184. The molecule has 1 aromatic carbocycles. The van der Waals surface area contributed by atoms with Gasteiger partial charge in [0.2, 0.25) is 0 Å². The molecule has 1 atom stereocenters. The fraction of sp³-hybridized carbons (Fsp3) is 0.571. The topological polar surface area (TPSA) is 38.0 Å². The molecule has 0 spiro atoms. The Balaban J connectivity index is 2.00. The number of nitrogens with two attached hydrogens (primary N) is 1. The summed E-state index contributed by atoms with van der Waals surface area (Å²) in [7, 11) is 0. The van der Waals surface area contributed by atoms with E-state index in [0.717, 1.165) is 5.56 Å². The molecule has 2 nitrogen and oxygen atoms in total. The molecule has 1 unspecified atom stereocenters. The number of hydrogen-bond acceptors (Lipinski definition) is 2. The van der Waals surface area contributed by atoms with E-state index in [9.17, 15) is 13.2 Å². The lowest BCUT2D eigenvalue weighted by Gasteiger charge is -2.34. The van der Waals surface area contributed by atoms with Gasteiger partial charge in [-0.25, -0.2) is 0 Å². The van der Waals surface area contributed by atoms with Crippen LogP contribution in [0.15, 0.2) is 30.3 Å². The van der Waals surface area contributed by atoms with Gasteiger partial charge in [0.25, 0.3) is 0 Å². The summed E-state index contributed by atoms with van der Waals surface area (Å²) in [5.41, 5.74) is 3.80. The minimum atomic E-state index is -4.05. The average Bonchev–Trinajstić information content (AvgIpc) is 2.40. The van der Waals surface area contributed by atoms with Gasteiger partial charge < -0.3 is 0 Å². The molecule has 0 radical (unpaired) electrons. The van der Waals surface area contributed by atoms with Gasteiger partial charge in [0.05, 0.1) is 5.92 Å². The molecule has 3 N–H and O–H groups in total. The highest BCUT2D eigenvalue weighted by molar-refractivity contribution is 5.19. The van der Waals surface area contributed by atoms with Crippen molar-refractivity contribution in [1.29, 1.82) is 0 Å². The van der Waals surface area contributed by atoms with Crippen molar-refractivity contribution in [2.75, 3.05) is 0 Å². The molecule has 2 rings (SSSR count). The van der Waals surface area contributed by atoms with Crippen LogP contribution in [0.2, 0.25) is 0 Å². The standard InChI is InChI=1S/C14H19F3N2/c15-14(16,17)12-8-6-11(7-9-12)13(19-18)10-4-2-1-3-5-10/h1-5,11-13,19H,6-9,18H2. The summed E-state index contributed by atoms with van der Waals surface area (Å²) in [6.07, 6.45) is -2.51. The first kappa shape index (κ1) is 14.3. The first-order valence-electron chi connectivity index (χ1n) is 6.60. The molecule has 106 valence electrons. The molecule has 1 fully saturated rings. The highest BCUT2D eigenvalue weighted by Gasteiger charge is 2.42. The van der Waals surface area contributed by atoms with Crippen LogP contribution in [0.3, 0.4) is 0 Å². The monoisotopic (exact) mass is 272 g/mol. The van der Waals surface area contributed by atoms with Crippen LogP contribution in [0.25, 0.3) is 0 Å². The highest BCUT2D eigenvalue weighted by atomic mass is 19.4. The van der Waals surface area contributed by atoms with Gasteiger partial charge in [0, 0.05) is 6.04 Å². The van der Waals surface area contributed by atoms with Crippen molar-refractivity contribution in [1.82, 2.24) is 5.43 Å². The Morgan fingerprint density at radius 1 is 1.05 bits per heavy atom. The van der Waals surface area contributed by atoms with Gasteiger partial charge in [-0.2, -0.15) is 13.2 Å². The Morgan fingerprint density at radius 3 is 2.11 bits per heavy atom. The first-order chi connectivity index (χ1) is 9.02. The van der Waals surface area contributed by atoms with E-state index in [2.05, 4.69) is 5.43 Å². The van der Waals surface area contributed by atoms with Crippen LogP contribution in [0.4, 0.5) is 13.2 Å². The Kier molecular flexibility index (Phi) is 4.47. The maximum Gasteiger partial charge on any atom is 0.391 e. The van der Waals surface area contributed by atoms with E-state index in [4.69, 9.17) is 5.84 Å². The minimum Gasteiger partial charge on any atom is -0.271 e. The molecule has 0 aliphatic heterocycles. The summed E-state index contributed by atoms with van der Waals surface area (Å²) >= 11 is 0. The third kappa shape index (κ3) is 3.48. The second-order valence-electron chi connectivity index (χ2n) is 5.21. The lowest BCUT2D eigenvalue weighted by atomic mass is 9.76. The third-order valence-electron chi connectivity index (χ3n) is 4.04. The van der Waals surface area contributed by atoms with Crippen LogP contribution in [-0.4, -0.2) is 6.18 Å². The van der Waals surface area contributed by atoms with Crippen LogP contribution < -0.4 is 11.3 Å². The van der Waals surface area contributed by atoms with Crippen LogP contribution in [0.5, 0.6) is 0 Å². The van der Waals surface area contributed by atoms with E-state index in [0.29, 0.717) is 12.8 Å². The number of hydrazine groups is 1. The molecule has 1 aliphatic carbocycles. The van der Waals surface area contributed by atoms with Crippen molar-refractivity contribution in [3.63, 3.8) is 0 Å². The Bertz CT molecular complexity index is 383. The van der Waals surface area contributed by atoms with Gasteiger partial charge >= 0.3 is 6.18 Å². The Hall–Kier alpha value is -1.07. The number of hydrogen-bond donors (Lipinski definition) is 2. The van der Waals surface area contributed by atoms with Crippen molar-refractivity contribution >= 4 is 0 Å². The molecule has 0 bridgehead atoms. The molecule has 5 heteroatoms. The van der Waals surface area contributed by atoms with Gasteiger partial charge in [-0.15, -0.1) is 0 Å². The minimum absolute atomic E-state index is 0.0598. The summed E-state index contributed by atoms with van der Waals surface area (Å²) in [6, 6.07) is 9.61. The second-order valence-corrected chi connectivity index (χ2v) is 5.21. The van der Waals surface area contributed by atoms with Crippen molar-refractivity contribution in [2.45, 2.75) is 37.9 Å². The average molecular weight is 272 g/mol. The summed E-state index contributed by atoms with van der Waals surface area (Å²) < 4.78 is 37.9. The zero-order chi connectivity index (χ0) is 13.9. The van der Waals surface area contributed by atoms with Crippen molar-refractivity contribution in [3.8, 4) is 0 Å². The predicted molar refractivity (Wildman–Crippen MR) is 68.0 cm³/mol. The van der Waals surface area contributed by atoms with Crippen molar-refractivity contribution in [2.24, 2.45) is 17.7 Å². The number of nitrogens with one attached hydrogen (secondary N) is 1. The third-order valence-corrected chi connectivity index (χ3v) is 4.04. The summed E-state index contributed by atoms with van der Waals surface area (Å²) in [4.78, 5) is 0. The smallest absolute Gasteiger partial charge is 0.271 e. The van der Waals surface area contributed by atoms with E-state index < -0.39 is 12.1 Å². The maximum atomic E-state index is 12.6. The lowest BCUT2D eigenvalue weighted by Crippen LogP contribution is -2.37. The maximum absolute atomic E-state index is 12.6. The predicted octanol–water partition coefficient (Wildman–Crippen LogP) is 3.56. The van der Waals surface area contributed by atoms with Crippen molar-refractivity contribution in [3.05, 3.63) is 35.9 Å². The zero-order valence-corrected chi connectivity index (χ0v) is 10.7. The van der Waals surface area contributed by atoms with Crippen LogP contribution in [0, 0.1) is 11.8 Å². The SMILES string of the molecule is NNC(c1ccccc1)C1CCC(C(F)(F)F)CC1. The molecular formula is C14H19F3N2. The number of halogens is 3. The molecule has 1 aliphatic rings. The van der Waals surface area contributed by atoms with Gasteiger partial charge in [-0.3, -0.25) is 11.3 Å². The van der Waals surface area contributed by atoms with Crippen molar-refractivity contribution < 1.29 is 13.2 Å². The first-order valence-corrected chi connectivity index (χ1v) is 6.60. The highest BCUT2D eigenvalue weighted by Crippen LogP contribution is 2.42. The number of benzene rings is 1. The molecule has 0 heterocycles. The number of rotatable bonds is 3. The second kappa shape index (κ2) is 5.92. The normalized spacial score (nSPS) is 26.1. The van der Waals surface area contributed by atoms with Gasteiger partial charge in [-0.05, 0) is 37.2 Å². The summed E-state index contributed by atoms with van der Waals surface area (Å²) in [5, 5.41) is 0. The molecule has 0 amide bonds. The molecule has 1 aromatic rings. The summed E-state index contributed by atoms with van der Waals surface area (Å²) in [5.74, 6) is 4.62. The fourth-order valence-electron chi connectivity index (χ4n) is 2.94. The van der Waals surface area contributed by atoms with E-state index in [1.165, 1.54) is 0 Å². The Morgan fingerprint density at radius 2 is 1.63 bits per heavy atom. The largest absolute Gasteiger partial charge is 0.391 e. The van der Waals surface area contributed by atoms with Crippen LogP contribution in [-0.2, 0) is 0 Å².